The molecular weight excluding hydrogens is 286 g/mol. The maximum atomic E-state index is 12.0. The molecule has 110 valence electrons. The van der Waals surface area contributed by atoms with Crippen molar-refractivity contribution >= 4 is 33.4 Å². The van der Waals surface area contributed by atoms with Crippen LogP contribution in [0.4, 0.5) is 0 Å². The van der Waals surface area contributed by atoms with Crippen LogP contribution in [0.15, 0.2) is 24.3 Å². The molecule has 0 aliphatic carbocycles. The Morgan fingerprint density at radius 2 is 2.24 bits per heavy atom. The summed E-state index contributed by atoms with van der Waals surface area (Å²) < 4.78 is 1.19. The maximum Gasteiger partial charge on any atom is 0.239 e. The van der Waals surface area contributed by atoms with Crippen LogP contribution >= 0.6 is 11.3 Å². The Balaban J connectivity index is 1.51. The zero-order chi connectivity index (χ0) is 14.7. The Morgan fingerprint density at radius 1 is 1.38 bits per heavy atom. The number of thiazole rings is 1. The van der Waals surface area contributed by atoms with Crippen molar-refractivity contribution in [1.82, 2.24) is 15.2 Å². The van der Waals surface area contributed by atoms with E-state index in [1.54, 1.807) is 16.2 Å². The fourth-order valence-corrected chi connectivity index (χ4v) is 3.44. The molecule has 2 aromatic rings. The normalized spacial score (nSPS) is 15.2. The van der Waals surface area contributed by atoms with Gasteiger partial charge in [0, 0.05) is 19.5 Å². The van der Waals surface area contributed by atoms with Crippen molar-refractivity contribution < 1.29 is 9.59 Å². The van der Waals surface area contributed by atoms with Crippen molar-refractivity contribution in [3.05, 3.63) is 29.3 Å². The fraction of sp³-hybridized carbons (Fsp3) is 0.400. The quantitative estimate of drug-likeness (QED) is 0.933. The molecule has 0 spiro atoms. The van der Waals surface area contributed by atoms with E-state index >= 15 is 0 Å². The van der Waals surface area contributed by atoms with Gasteiger partial charge in [-0.15, -0.1) is 11.3 Å². The molecule has 6 heteroatoms. The summed E-state index contributed by atoms with van der Waals surface area (Å²) in [6.45, 7) is 1.37. The SMILES string of the molecule is O=C1CN(C(=O)CCCc2nc3ccccc3s2)CCN1. The molecule has 1 aliphatic rings. The molecule has 1 aliphatic heterocycles. The van der Waals surface area contributed by atoms with Crippen molar-refractivity contribution in [1.29, 1.82) is 0 Å². The lowest BCUT2D eigenvalue weighted by atomic mass is 10.2. The van der Waals surface area contributed by atoms with Crippen LogP contribution in [0.25, 0.3) is 10.2 Å². The number of rotatable bonds is 4. The second-order valence-electron chi connectivity index (χ2n) is 5.09. The van der Waals surface area contributed by atoms with Gasteiger partial charge in [0.05, 0.1) is 21.8 Å². The van der Waals surface area contributed by atoms with E-state index in [1.807, 2.05) is 18.2 Å². The van der Waals surface area contributed by atoms with Crippen LogP contribution in [0.1, 0.15) is 17.8 Å². The minimum atomic E-state index is -0.0687. The van der Waals surface area contributed by atoms with Gasteiger partial charge in [-0.2, -0.15) is 0 Å². The zero-order valence-corrected chi connectivity index (χ0v) is 12.5. The van der Waals surface area contributed by atoms with E-state index in [0.717, 1.165) is 23.4 Å². The number of amides is 2. The summed E-state index contributed by atoms with van der Waals surface area (Å²) in [6, 6.07) is 8.06. The number of para-hydroxylation sites is 1. The third kappa shape index (κ3) is 3.39. The average molecular weight is 303 g/mol. The van der Waals surface area contributed by atoms with Gasteiger partial charge < -0.3 is 10.2 Å². The first-order valence-electron chi connectivity index (χ1n) is 7.11. The van der Waals surface area contributed by atoms with E-state index in [4.69, 9.17) is 0 Å². The van der Waals surface area contributed by atoms with Gasteiger partial charge in [0.25, 0.3) is 0 Å². The van der Waals surface area contributed by atoms with Gasteiger partial charge in [-0.3, -0.25) is 9.59 Å². The predicted molar refractivity (Wildman–Crippen MR) is 82.1 cm³/mol. The van der Waals surface area contributed by atoms with Crippen LogP contribution in [0.2, 0.25) is 0 Å². The van der Waals surface area contributed by atoms with E-state index in [1.165, 1.54) is 4.70 Å². The number of hydrogen-bond acceptors (Lipinski definition) is 4. The molecule has 3 rings (SSSR count). The van der Waals surface area contributed by atoms with Crippen LogP contribution < -0.4 is 5.32 Å². The molecule has 1 saturated heterocycles. The van der Waals surface area contributed by atoms with E-state index in [-0.39, 0.29) is 18.4 Å². The number of carbonyl (C=O) groups excluding carboxylic acids is 2. The number of nitrogens with one attached hydrogen (secondary N) is 1. The van der Waals surface area contributed by atoms with E-state index in [9.17, 15) is 9.59 Å². The summed E-state index contributed by atoms with van der Waals surface area (Å²) in [7, 11) is 0. The lowest BCUT2D eigenvalue weighted by Gasteiger charge is -2.26. The zero-order valence-electron chi connectivity index (χ0n) is 11.7. The van der Waals surface area contributed by atoms with Gasteiger partial charge in [0.2, 0.25) is 11.8 Å². The lowest BCUT2D eigenvalue weighted by Crippen LogP contribution is -2.49. The maximum absolute atomic E-state index is 12.0. The fourth-order valence-electron chi connectivity index (χ4n) is 2.43. The summed E-state index contributed by atoms with van der Waals surface area (Å²) in [6.07, 6.45) is 2.06. The van der Waals surface area contributed by atoms with Crippen LogP contribution in [-0.2, 0) is 16.0 Å². The van der Waals surface area contributed by atoms with Crippen molar-refractivity contribution in [3.63, 3.8) is 0 Å². The highest BCUT2D eigenvalue weighted by Gasteiger charge is 2.20. The molecule has 0 bridgehead atoms. The lowest BCUT2D eigenvalue weighted by molar-refractivity contribution is -0.138. The molecule has 0 radical (unpaired) electrons. The Bertz CT molecular complexity index is 635. The number of benzene rings is 1. The largest absolute Gasteiger partial charge is 0.353 e. The topological polar surface area (TPSA) is 62.3 Å². The Morgan fingerprint density at radius 3 is 3.05 bits per heavy atom. The van der Waals surface area contributed by atoms with Crippen molar-refractivity contribution in [2.24, 2.45) is 0 Å². The monoisotopic (exact) mass is 303 g/mol. The van der Waals surface area contributed by atoms with E-state index in [0.29, 0.717) is 19.5 Å². The Hall–Kier alpha value is -1.95. The molecule has 2 amide bonds. The summed E-state index contributed by atoms with van der Waals surface area (Å²) in [5, 5.41) is 3.79. The van der Waals surface area contributed by atoms with Crippen molar-refractivity contribution in [3.8, 4) is 0 Å². The van der Waals surface area contributed by atoms with Crippen LogP contribution in [0.3, 0.4) is 0 Å². The molecular formula is C15H17N3O2S. The molecule has 1 fully saturated rings. The van der Waals surface area contributed by atoms with E-state index < -0.39 is 0 Å². The van der Waals surface area contributed by atoms with Gasteiger partial charge in [0.1, 0.15) is 0 Å². The highest BCUT2D eigenvalue weighted by atomic mass is 32.1. The molecule has 0 atom stereocenters. The van der Waals surface area contributed by atoms with Crippen LogP contribution in [-0.4, -0.2) is 41.3 Å². The second kappa shape index (κ2) is 6.22. The third-order valence-corrected chi connectivity index (χ3v) is 4.61. The minimum Gasteiger partial charge on any atom is -0.353 e. The number of hydrogen-bond donors (Lipinski definition) is 1. The van der Waals surface area contributed by atoms with Gasteiger partial charge in [0.15, 0.2) is 0 Å². The van der Waals surface area contributed by atoms with Crippen LogP contribution in [0.5, 0.6) is 0 Å². The molecule has 0 saturated carbocycles. The molecule has 2 heterocycles. The van der Waals surface area contributed by atoms with Crippen molar-refractivity contribution in [2.45, 2.75) is 19.3 Å². The van der Waals surface area contributed by atoms with Crippen LogP contribution in [0, 0.1) is 0 Å². The molecule has 1 aromatic heterocycles. The first-order valence-corrected chi connectivity index (χ1v) is 7.93. The van der Waals surface area contributed by atoms with Crippen molar-refractivity contribution in [2.75, 3.05) is 19.6 Å². The van der Waals surface area contributed by atoms with E-state index in [2.05, 4.69) is 16.4 Å². The number of nitrogens with zero attached hydrogens (tertiary/aromatic N) is 2. The molecule has 21 heavy (non-hydrogen) atoms. The van der Waals surface area contributed by atoms with Gasteiger partial charge >= 0.3 is 0 Å². The first-order chi connectivity index (χ1) is 10.2. The summed E-state index contributed by atoms with van der Waals surface area (Å²) in [5.74, 6) is -0.00765. The number of aromatic nitrogens is 1. The standard InChI is InChI=1S/C15H17N3O2S/c19-13-10-18(9-8-16-13)15(20)7-3-6-14-17-11-4-1-2-5-12(11)21-14/h1-2,4-5H,3,6-10H2,(H,16,19). The average Bonchev–Trinajstić information content (AvgIpc) is 2.89. The molecule has 5 nitrogen and oxygen atoms in total. The molecule has 1 N–H and O–H groups in total. The van der Waals surface area contributed by atoms with Gasteiger partial charge in [-0.25, -0.2) is 4.98 Å². The number of piperazine rings is 1. The number of aryl methyl sites for hydroxylation is 1. The predicted octanol–water partition coefficient (Wildman–Crippen LogP) is 1.58. The highest BCUT2D eigenvalue weighted by Crippen LogP contribution is 2.22. The molecule has 0 unspecified atom stereocenters. The first kappa shape index (κ1) is 14.0. The summed E-state index contributed by atoms with van der Waals surface area (Å²) in [4.78, 5) is 29.5. The summed E-state index contributed by atoms with van der Waals surface area (Å²) >= 11 is 1.68. The van der Waals surface area contributed by atoms with Gasteiger partial charge in [-0.05, 0) is 25.0 Å². The highest BCUT2D eigenvalue weighted by molar-refractivity contribution is 7.18. The minimum absolute atomic E-state index is 0.0611. The smallest absolute Gasteiger partial charge is 0.239 e. The Kier molecular flexibility index (Phi) is 4.15. The Labute approximate surface area is 127 Å². The number of fused-ring (bicyclic) bond motifs is 1. The van der Waals surface area contributed by atoms with Gasteiger partial charge in [-0.1, -0.05) is 12.1 Å². The molecule has 1 aromatic carbocycles. The summed E-state index contributed by atoms with van der Waals surface area (Å²) in [5.41, 5.74) is 1.02. The third-order valence-electron chi connectivity index (χ3n) is 3.51. The number of carbonyl (C=O) groups is 2. The second-order valence-corrected chi connectivity index (χ2v) is 6.21.